The molecule has 1 heterocycles. The molecule has 0 bridgehead atoms. The molecule has 0 atom stereocenters. The van der Waals surface area contributed by atoms with Crippen molar-refractivity contribution in [3.05, 3.63) is 23.8 Å². The summed E-state index contributed by atoms with van der Waals surface area (Å²) in [6, 6.07) is 5.57. The SMILES string of the molecule is COc1ccc(O)c(CN2CCC(NC(C)=O)CC2)c1. The van der Waals surface area contributed by atoms with Crippen molar-refractivity contribution in [2.24, 2.45) is 0 Å². The molecule has 5 nitrogen and oxygen atoms in total. The summed E-state index contributed by atoms with van der Waals surface area (Å²) < 4.78 is 5.18. The van der Waals surface area contributed by atoms with Gasteiger partial charge in [-0.15, -0.1) is 0 Å². The highest BCUT2D eigenvalue weighted by atomic mass is 16.5. The quantitative estimate of drug-likeness (QED) is 0.876. The van der Waals surface area contributed by atoms with Crippen LogP contribution in [0, 0.1) is 0 Å². The van der Waals surface area contributed by atoms with Crippen molar-refractivity contribution < 1.29 is 14.6 Å². The van der Waals surface area contributed by atoms with E-state index in [2.05, 4.69) is 10.2 Å². The van der Waals surface area contributed by atoms with E-state index in [-0.39, 0.29) is 11.9 Å². The predicted molar refractivity (Wildman–Crippen MR) is 76.8 cm³/mol. The monoisotopic (exact) mass is 278 g/mol. The number of carbonyl (C=O) groups excluding carboxylic acids is 1. The number of amides is 1. The summed E-state index contributed by atoms with van der Waals surface area (Å²) in [5, 5.41) is 12.9. The average molecular weight is 278 g/mol. The smallest absolute Gasteiger partial charge is 0.217 e. The third kappa shape index (κ3) is 3.87. The van der Waals surface area contributed by atoms with Gasteiger partial charge < -0.3 is 15.2 Å². The number of likely N-dealkylation sites (tertiary alicyclic amines) is 1. The van der Waals surface area contributed by atoms with Gasteiger partial charge in [-0.25, -0.2) is 0 Å². The number of rotatable bonds is 4. The van der Waals surface area contributed by atoms with Gasteiger partial charge in [-0.05, 0) is 31.0 Å². The van der Waals surface area contributed by atoms with Crippen LogP contribution < -0.4 is 10.1 Å². The Hall–Kier alpha value is -1.75. The molecule has 2 rings (SSSR count). The summed E-state index contributed by atoms with van der Waals surface area (Å²) in [5.74, 6) is 1.09. The van der Waals surface area contributed by atoms with E-state index in [1.165, 1.54) is 0 Å². The minimum atomic E-state index is 0.0360. The molecule has 110 valence electrons. The number of aromatic hydroxyl groups is 1. The molecule has 1 saturated heterocycles. The molecule has 0 spiro atoms. The van der Waals surface area contributed by atoms with Crippen LogP contribution >= 0.6 is 0 Å². The molecule has 0 unspecified atom stereocenters. The number of piperidine rings is 1. The number of hydrogen-bond acceptors (Lipinski definition) is 4. The van der Waals surface area contributed by atoms with E-state index >= 15 is 0 Å². The van der Waals surface area contributed by atoms with Crippen molar-refractivity contribution in [3.8, 4) is 11.5 Å². The van der Waals surface area contributed by atoms with Gasteiger partial charge in [-0.3, -0.25) is 9.69 Å². The second kappa shape index (κ2) is 6.61. The summed E-state index contributed by atoms with van der Waals surface area (Å²) in [5.41, 5.74) is 0.877. The summed E-state index contributed by atoms with van der Waals surface area (Å²) in [6.07, 6.45) is 1.90. The fourth-order valence-electron chi connectivity index (χ4n) is 2.58. The van der Waals surface area contributed by atoms with Crippen molar-refractivity contribution >= 4 is 5.91 Å². The average Bonchev–Trinajstić information content (AvgIpc) is 2.43. The number of nitrogens with zero attached hydrogens (tertiary/aromatic N) is 1. The van der Waals surface area contributed by atoms with Crippen molar-refractivity contribution in [2.75, 3.05) is 20.2 Å². The first-order chi connectivity index (χ1) is 9.58. The largest absolute Gasteiger partial charge is 0.508 e. The molecule has 0 saturated carbocycles. The second-order valence-electron chi connectivity index (χ2n) is 5.25. The fraction of sp³-hybridized carbons (Fsp3) is 0.533. The Morgan fingerprint density at radius 3 is 2.75 bits per heavy atom. The number of methoxy groups -OCH3 is 1. The first kappa shape index (κ1) is 14.7. The van der Waals surface area contributed by atoms with E-state index in [0.29, 0.717) is 12.3 Å². The van der Waals surface area contributed by atoms with Gasteiger partial charge >= 0.3 is 0 Å². The molecule has 1 aromatic carbocycles. The predicted octanol–water partition coefficient (Wildman–Crippen LogP) is 1.50. The van der Waals surface area contributed by atoms with Gasteiger partial charge in [0.25, 0.3) is 0 Å². The number of carbonyl (C=O) groups is 1. The summed E-state index contributed by atoms with van der Waals surface area (Å²) in [6.45, 7) is 4.10. The molecule has 5 heteroatoms. The Balaban J connectivity index is 1.90. The molecular weight excluding hydrogens is 256 g/mol. The normalized spacial score (nSPS) is 16.9. The van der Waals surface area contributed by atoms with E-state index < -0.39 is 0 Å². The van der Waals surface area contributed by atoms with Gasteiger partial charge in [0.05, 0.1) is 7.11 Å². The molecule has 1 aromatic rings. The maximum atomic E-state index is 11.0. The van der Waals surface area contributed by atoms with Crippen molar-refractivity contribution in [3.63, 3.8) is 0 Å². The summed E-state index contributed by atoms with van der Waals surface area (Å²) >= 11 is 0. The summed E-state index contributed by atoms with van der Waals surface area (Å²) in [4.78, 5) is 13.3. The zero-order valence-electron chi connectivity index (χ0n) is 12.1. The Labute approximate surface area is 119 Å². The molecule has 1 aliphatic rings. The first-order valence-corrected chi connectivity index (χ1v) is 6.94. The van der Waals surface area contributed by atoms with E-state index in [1.807, 2.05) is 6.07 Å². The van der Waals surface area contributed by atoms with E-state index in [4.69, 9.17) is 4.74 Å². The second-order valence-corrected chi connectivity index (χ2v) is 5.25. The van der Waals surface area contributed by atoms with Crippen molar-refractivity contribution in [1.29, 1.82) is 0 Å². The van der Waals surface area contributed by atoms with Crippen molar-refractivity contribution in [2.45, 2.75) is 32.4 Å². The first-order valence-electron chi connectivity index (χ1n) is 6.94. The number of phenolic OH excluding ortho intramolecular Hbond substituents is 1. The third-order valence-electron chi connectivity index (χ3n) is 3.68. The Bertz CT molecular complexity index is 468. The topological polar surface area (TPSA) is 61.8 Å². The van der Waals surface area contributed by atoms with Crippen LogP contribution in [0.15, 0.2) is 18.2 Å². The Morgan fingerprint density at radius 1 is 1.45 bits per heavy atom. The van der Waals surface area contributed by atoms with Gasteiger partial charge in [-0.2, -0.15) is 0 Å². The zero-order chi connectivity index (χ0) is 14.5. The van der Waals surface area contributed by atoms with Gasteiger partial charge in [0.15, 0.2) is 0 Å². The van der Waals surface area contributed by atoms with Crippen LogP contribution in [0.25, 0.3) is 0 Å². The lowest BCUT2D eigenvalue weighted by molar-refractivity contribution is -0.119. The van der Waals surface area contributed by atoms with Gasteiger partial charge in [0, 0.05) is 38.2 Å². The molecule has 0 radical (unpaired) electrons. The maximum Gasteiger partial charge on any atom is 0.217 e. The van der Waals surface area contributed by atoms with Crippen LogP contribution in [0.5, 0.6) is 11.5 Å². The van der Waals surface area contributed by atoms with E-state index in [0.717, 1.165) is 37.2 Å². The number of phenols is 1. The highest BCUT2D eigenvalue weighted by molar-refractivity contribution is 5.73. The number of hydrogen-bond donors (Lipinski definition) is 2. The lowest BCUT2D eigenvalue weighted by Crippen LogP contribution is -2.43. The Kier molecular flexibility index (Phi) is 4.84. The standard InChI is InChI=1S/C15H22N2O3/c1-11(18)16-13-5-7-17(8-6-13)10-12-9-14(20-2)3-4-15(12)19/h3-4,9,13,19H,5-8,10H2,1-2H3,(H,16,18). The van der Waals surface area contributed by atoms with Crippen LogP contribution in [0.2, 0.25) is 0 Å². The number of ether oxygens (including phenoxy) is 1. The zero-order valence-corrected chi connectivity index (χ0v) is 12.1. The van der Waals surface area contributed by atoms with Crippen LogP contribution in [0.3, 0.4) is 0 Å². The molecule has 0 aliphatic carbocycles. The van der Waals surface area contributed by atoms with Crippen LogP contribution in [-0.2, 0) is 11.3 Å². The van der Waals surface area contributed by atoms with Crippen molar-refractivity contribution in [1.82, 2.24) is 10.2 Å². The van der Waals surface area contributed by atoms with Gasteiger partial charge in [-0.1, -0.05) is 0 Å². The third-order valence-corrected chi connectivity index (χ3v) is 3.68. The molecular formula is C15H22N2O3. The molecule has 1 fully saturated rings. The highest BCUT2D eigenvalue weighted by Crippen LogP contribution is 2.25. The fourth-order valence-corrected chi connectivity index (χ4v) is 2.58. The molecule has 2 N–H and O–H groups in total. The van der Waals surface area contributed by atoms with Gasteiger partial charge in [0.2, 0.25) is 5.91 Å². The summed E-state index contributed by atoms with van der Waals surface area (Å²) in [7, 11) is 1.62. The molecule has 0 aromatic heterocycles. The Morgan fingerprint density at radius 2 is 2.15 bits per heavy atom. The van der Waals surface area contributed by atoms with Crippen LogP contribution in [-0.4, -0.2) is 42.2 Å². The highest BCUT2D eigenvalue weighted by Gasteiger charge is 2.20. The maximum absolute atomic E-state index is 11.0. The van der Waals surface area contributed by atoms with Crippen LogP contribution in [0.4, 0.5) is 0 Å². The lowest BCUT2D eigenvalue weighted by Gasteiger charge is -2.32. The molecule has 1 aliphatic heterocycles. The minimum Gasteiger partial charge on any atom is -0.508 e. The van der Waals surface area contributed by atoms with E-state index in [1.54, 1.807) is 26.2 Å². The molecule has 20 heavy (non-hydrogen) atoms. The lowest BCUT2D eigenvalue weighted by atomic mass is 10.0. The number of benzene rings is 1. The minimum absolute atomic E-state index is 0.0360. The van der Waals surface area contributed by atoms with E-state index in [9.17, 15) is 9.90 Å². The van der Waals surface area contributed by atoms with Crippen LogP contribution in [0.1, 0.15) is 25.3 Å². The molecule has 1 amide bonds. The number of nitrogens with one attached hydrogen (secondary N) is 1. The van der Waals surface area contributed by atoms with Gasteiger partial charge in [0.1, 0.15) is 11.5 Å².